The summed E-state index contributed by atoms with van der Waals surface area (Å²) in [5, 5.41) is 5.12. The molecule has 3 heterocycles. The highest BCUT2D eigenvalue weighted by molar-refractivity contribution is 5.93. The molecule has 2 amide bonds. The van der Waals surface area contributed by atoms with E-state index >= 15 is 0 Å². The van der Waals surface area contributed by atoms with Crippen LogP contribution in [-0.2, 0) is 22.6 Å². The minimum Gasteiger partial charge on any atom is -0.454 e. The highest BCUT2D eigenvalue weighted by Crippen LogP contribution is 2.34. The molecule has 7 nitrogen and oxygen atoms in total. The summed E-state index contributed by atoms with van der Waals surface area (Å²) in [6.07, 6.45) is 2.15. The molecule has 0 saturated carbocycles. The molecule has 1 atom stereocenters. The Morgan fingerprint density at radius 1 is 1.00 bits per heavy atom. The van der Waals surface area contributed by atoms with Gasteiger partial charge in [0.2, 0.25) is 12.7 Å². The molecule has 2 aromatic carbocycles. The molecule has 0 spiro atoms. The molecule has 7 heteroatoms. The molecule has 0 bridgehead atoms. The number of nitrogens with zero attached hydrogens (tertiary/aromatic N) is 1. The third-order valence-electron chi connectivity index (χ3n) is 6.32. The molecule has 3 aliphatic heterocycles. The van der Waals surface area contributed by atoms with Gasteiger partial charge in [0.15, 0.2) is 17.5 Å². The van der Waals surface area contributed by atoms with Crippen molar-refractivity contribution in [2.24, 2.45) is 5.92 Å². The van der Waals surface area contributed by atoms with Gasteiger partial charge >= 0.3 is 0 Å². The molecule has 3 N–H and O–H groups in total. The van der Waals surface area contributed by atoms with Crippen LogP contribution in [0.4, 0.5) is 5.69 Å². The number of quaternary nitrogens is 1. The maximum absolute atomic E-state index is 13.0. The predicted molar refractivity (Wildman–Crippen MR) is 110 cm³/mol. The molecule has 1 fully saturated rings. The van der Waals surface area contributed by atoms with Crippen LogP contribution in [0.2, 0.25) is 0 Å². The van der Waals surface area contributed by atoms with Crippen molar-refractivity contribution in [1.29, 1.82) is 0 Å². The van der Waals surface area contributed by atoms with Crippen LogP contribution >= 0.6 is 0 Å². The van der Waals surface area contributed by atoms with E-state index in [1.807, 2.05) is 23.1 Å². The fourth-order valence-electron chi connectivity index (χ4n) is 4.55. The van der Waals surface area contributed by atoms with Crippen LogP contribution < -0.4 is 20.1 Å². The van der Waals surface area contributed by atoms with Crippen molar-refractivity contribution in [2.45, 2.75) is 31.8 Å². The summed E-state index contributed by atoms with van der Waals surface area (Å²) < 4.78 is 10.7. The normalized spacial score (nSPS) is 20.5. The number of nitrogens with one attached hydrogen (secondary N) is 1. The van der Waals surface area contributed by atoms with Crippen LogP contribution in [0.15, 0.2) is 42.5 Å². The Labute approximate surface area is 175 Å². The van der Waals surface area contributed by atoms with Gasteiger partial charge in [-0.3, -0.25) is 9.59 Å². The van der Waals surface area contributed by atoms with Gasteiger partial charge in [0, 0.05) is 42.7 Å². The Morgan fingerprint density at radius 3 is 2.60 bits per heavy atom. The van der Waals surface area contributed by atoms with Gasteiger partial charge in [0.1, 0.15) is 6.54 Å². The van der Waals surface area contributed by atoms with Crippen LogP contribution in [0.5, 0.6) is 11.5 Å². The van der Waals surface area contributed by atoms with Crippen molar-refractivity contribution in [3.05, 3.63) is 53.6 Å². The maximum atomic E-state index is 13.0. The maximum Gasteiger partial charge on any atom is 0.281 e. The minimum absolute atomic E-state index is 0.000814. The first kappa shape index (κ1) is 18.9. The third-order valence-corrected chi connectivity index (χ3v) is 6.32. The molecule has 30 heavy (non-hydrogen) atoms. The van der Waals surface area contributed by atoms with Gasteiger partial charge in [-0.2, -0.15) is 0 Å². The van der Waals surface area contributed by atoms with Gasteiger partial charge in [0.05, 0.1) is 0 Å². The average Bonchev–Trinajstić information content (AvgIpc) is 3.26. The first-order valence-electron chi connectivity index (χ1n) is 10.6. The van der Waals surface area contributed by atoms with Gasteiger partial charge in [-0.15, -0.1) is 0 Å². The number of carbonyl (C=O) groups excluding carboxylic acids is 2. The molecule has 1 saturated heterocycles. The van der Waals surface area contributed by atoms with Crippen molar-refractivity contribution in [2.75, 3.05) is 25.2 Å². The number of hydrogen-bond acceptors (Lipinski definition) is 4. The Morgan fingerprint density at radius 2 is 1.77 bits per heavy atom. The highest BCUT2D eigenvalue weighted by Gasteiger charge is 2.34. The summed E-state index contributed by atoms with van der Waals surface area (Å²) in [6.45, 7) is 2.32. The number of benzene rings is 2. The molecule has 0 aliphatic carbocycles. The Kier molecular flexibility index (Phi) is 5.04. The topological polar surface area (TPSA) is 84.5 Å². The Balaban J connectivity index is 1.14. The molecular weight excluding hydrogens is 382 g/mol. The fraction of sp³-hybridized carbons (Fsp3) is 0.391. The van der Waals surface area contributed by atoms with Crippen LogP contribution in [0.1, 0.15) is 24.0 Å². The van der Waals surface area contributed by atoms with E-state index in [4.69, 9.17) is 9.47 Å². The number of carbonyl (C=O) groups is 2. The third kappa shape index (κ3) is 3.73. The number of piperidine rings is 1. The summed E-state index contributed by atoms with van der Waals surface area (Å²) in [6, 6.07) is 13.7. The second-order valence-electron chi connectivity index (χ2n) is 8.18. The quantitative estimate of drug-likeness (QED) is 0.801. The van der Waals surface area contributed by atoms with Gasteiger partial charge in [-0.1, -0.05) is 24.3 Å². The summed E-state index contributed by atoms with van der Waals surface area (Å²) in [5.74, 6) is 1.45. The first-order valence-corrected chi connectivity index (χ1v) is 10.6. The Hall–Kier alpha value is -3.06. The predicted octanol–water partition coefficient (Wildman–Crippen LogP) is 1.28. The lowest BCUT2D eigenvalue weighted by Gasteiger charge is -2.34. The van der Waals surface area contributed by atoms with E-state index in [1.54, 1.807) is 12.1 Å². The van der Waals surface area contributed by atoms with Crippen LogP contribution in [-0.4, -0.2) is 42.6 Å². The molecule has 2 aromatic rings. The number of ether oxygens (including phenoxy) is 2. The number of likely N-dealkylation sites (tertiary alicyclic amines) is 1. The zero-order valence-corrected chi connectivity index (χ0v) is 16.8. The summed E-state index contributed by atoms with van der Waals surface area (Å²) in [4.78, 5) is 27.6. The van der Waals surface area contributed by atoms with Crippen molar-refractivity contribution in [3.8, 4) is 11.5 Å². The summed E-state index contributed by atoms with van der Waals surface area (Å²) in [7, 11) is 0. The SMILES string of the molecule is O=C(Nc1ccc2c(c1)OCO2)C1CCN(C(=O)[C@@H]2Cc3ccccc3C[NH2+]2)CC1. The largest absolute Gasteiger partial charge is 0.454 e. The number of rotatable bonds is 3. The van der Waals surface area contributed by atoms with Crippen LogP contribution in [0, 0.1) is 5.92 Å². The lowest BCUT2D eigenvalue weighted by molar-refractivity contribution is -0.695. The monoisotopic (exact) mass is 408 g/mol. The number of nitrogens with two attached hydrogens (primary N) is 1. The van der Waals surface area contributed by atoms with E-state index in [9.17, 15) is 9.59 Å². The fourth-order valence-corrected chi connectivity index (χ4v) is 4.55. The number of hydrogen-bond donors (Lipinski definition) is 2. The summed E-state index contributed by atoms with van der Waals surface area (Å²) in [5.41, 5.74) is 3.30. The lowest BCUT2D eigenvalue weighted by atomic mass is 9.92. The first-order chi connectivity index (χ1) is 14.7. The van der Waals surface area contributed by atoms with E-state index in [0.29, 0.717) is 43.1 Å². The second kappa shape index (κ2) is 7.99. The smallest absolute Gasteiger partial charge is 0.281 e. The van der Waals surface area contributed by atoms with Crippen molar-refractivity contribution < 1.29 is 24.4 Å². The molecule has 0 radical (unpaired) electrons. The van der Waals surface area contributed by atoms with Crippen molar-refractivity contribution >= 4 is 17.5 Å². The van der Waals surface area contributed by atoms with E-state index < -0.39 is 0 Å². The molecule has 5 rings (SSSR count). The molecule has 156 valence electrons. The summed E-state index contributed by atoms with van der Waals surface area (Å²) >= 11 is 0. The Bertz CT molecular complexity index is 969. The van der Waals surface area contributed by atoms with Crippen LogP contribution in [0.25, 0.3) is 0 Å². The molecule has 0 aromatic heterocycles. The highest BCUT2D eigenvalue weighted by atomic mass is 16.7. The van der Waals surface area contributed by atoms with E-state index in [0.717, 1.165) is 13.0 Å². The minimum atomic E-state index is -0.0875. The number of amides is 2. The van der Waals surface area contributed by atoms with Gasteiger partial charge in [0.25, 0.3) is 5.91 Å². The second-order valence-corrected chi connectivity index (χ2v) is 8.18. The van der Waals surface area contributed by atoms with Crippen LogP contribution in [0.3, 0.4) is 0 Å². The zero-order chi connectivity index (χ0) is 20.5. The van der Waals surface area contributed by atoms with Crippen molar-refractivity contribution in [1.82, 2.24) is 4.90 Å². The average molecular weight is 408 g/mol. The lowest BCUT2D eigenvalue weighted by Crippen LogP contribution is -2.93. The van der Waals surface area contributed by atoms with Gasteiger partial charge < -0.3 is 25.0 Å². The number of fused-ring (bicyclic) bond motifs is 2. The zero-order valence-electron chi connectivity index (χ0n) is 16.8. The number of anilines is 1. The standard InChI is InChI=1S/C23H25N3O4/c27-22(25-18-5-6-20-21(12-18)30-14-29-20)15-7-9-26(10-8-15)23(28)19-11-16-3-1-2-4-17(16)13-24-19/h1-6,12,15,19,24H,7-11,13-14H2,(H,25,27)/p+1/t19-/m0/s1. The molecule has 0 unspecified atom stereocenters. The van der Waals surface area contributed by atoms with Gasteiger partial charge in [-0.25, -0.2) is 0 Å². The van der Waals surface area contributed by atoms with E-state index in [-0.39, 0.29) is 30.6 Å². The van der Waals surface area contributed by atoms with Crippen molar-refractivity contribution in [3.63, 3.8) is 0 Å². The van der Waals surface area contributed by atoms with Gasteiger partial charge in [-0.05, 0) is 30.5 Å². The molecular formula is C23H26N3O4+. The van der Waals surface area contributed by atoms with E-state index in [1.165, 1.54) is 11.1 Å². The van der Waals surface area contributed by atoms with E-state index in [2.05, 4.69) is 22.8 Å². The molecule has 3 aliphatic rings.